The van der Waals surface area contributed by atoms with E-state index in [-0.39, 0.29) is 72.1 Å². The van der Waals surface area contributed by atoms with Crippen molar-refractivity contribution in [3.8, 4) is 0 Å². The molecule has 0 spiro atoms. The van der Waals surface area contributed by atoms with Gasteiger partial charge in [0, 0.05) is 90.6 Å². The molecular formula is C57H70N6O21S4. The summed E-state index contributed by atoms with van der Waals surface area (Å²) in [5, 5.41) is 37.5. The van der Waals surface area contributed by atoms with Gasteiger partial charge in [0.05, 0.1) is 20.1 Å². The number of anilines is 1. The van der Waals surface area contributed by atoms with Crippen molar-refractivity contribution in [2.24, 2.45) is 0 Å². The SMILES string of the molecule is CCN1/C(=C/C=C/C=C/C2=[N+](CCCCCC(=O)NCCCC(=O)NCCCC[C@H](NC(=O)N[C@@H](CCC(=O)O)C(=O)O)C(=O)O)c3ccc4c(S(=O)(=O)[O-])cc(S(=O)(=O)O)cc4c3C2(C)C)C(C)(C)c2c1ccc1c(S(=O)(=O)O)cc(S(=O)(=O)O)cc21. The number of allylic oxidation sites excluding steroid dienone is 6. The summed E-state index contributed by atoms with van der Waals surface area (Å²) in [7, 11) is -20.2. The van der Waals surface area contributed by atoms with E-state index in [2.05, 4.69) is 16.0 Å². The first-order valence-corrected chi connectivity index (χ1v) is 33.5. The van der Waals surface area contributed by atoms with Crippen molar-refractivity contribution in [3.63, 3.8) is 0 Å². The van der Waals surface area contributed by atoms with Crippen LogP contribution in [0.4, 0.5) is 16.2 Å². The van der Waals surface area contributed by atoms with Crippen LogP contribution in [-0.4, -0.2) is 152 Å². The van der Waals surface area contributed by atoms with Gasteiger partial charge in [0.25, 0.3) is 30.4 Å². The number of hydrogen-bond donors (Lipinski definition) is 10. The number of carbonyl (C=O) groups is 6. The minimum atomic E-state index is -5.28. The molecule has 27 nitrogen and oxygen atoms in total. The van der Waals surface area contributed by atoms with Gasteiger partial charge >= 0.3 is 23.9 Å². The molecule has 0 saturated carbocycles. The van der Waals surface area contributed by atoms with Crippen molar-refractivity contribution in [2.45, 2.75) is 148 Å². The van der Waals surface area contributed by atoms with Crippen molar-refractivity contribution in [2.75, 3.05) is 31.1 Å². The van der Waals surface area contributed by atoms with Gasteiger partial charge in [-0.2, -0.15) is 29.8 Å². The molecule has 2 atom stereocenters. The Kier molecular flexibility index (Phi) is 21.9. The van der Waals surface area contributed by atoms with E-state index in [0.717, 1.165) is 12.1 Å². The second kappa shape index (κ2) is 27.8. The third-order valence-corrected chi connectivity index (χ3v) is 18.7. The number of fused-ring (bicyclic) bond motifs is 6. The van der Waals surface area contributed by atoms with E-state index >= 15 is 0 Å². The summed E-state index contributed by atoms with van der Waals surface area (Å²) < 4.78 is 145. The van der Waals surface area contributed by atoms with Crippen LogP contribution in [-0.2, 0) is 75.3 Å². The monoisotopic (exact) mass is 1300 g/mol. The maximum Gasteiger partial charge on any atom is 0.326 e. The van der Waals surface area contributed by atoms with E-state index in [4.69, 9.17) is 5.11 Å². The lowest BCUT2D eigenvalue weighted by Gasteiger charge is -2.26. The van der Waals surface area contributed by atoms with Gasteiger partial charge in [-0.15, -0.1) is 0 Å². The van der Waals surface area contributed by atoms with Gasteiger partial charge < -0.3 is 46.0 Å². The van der Waals surface area contributed by atoms with Gasteiger partial charge in [-0.1, -0.05) is 38.1 Å². The molecule has 6 rings (SSSR count). The summed E-state index contributed by atoms with van der Waals surface area (Å²) in [5.74, 6) is -4.73. The van der Waals surface area contributed by atoms with Crippen molar-refractivity contribution >= 4 is 115 Å². The second-order valence-electron chi connectivity index (χ2n) is 22.1. The van der Waals surface area contributed by atoms with Crippen molar-refractivity contribution in [1.29, 1.82) is 0 Å². The Balaban J connectivity index is 1.11. The number of urea groups is 1. The highest BCUT2D eigenvalue weighted by molar-refractivity contribution is 7.87. The minimum absolute atomic E-state index is 0.0340. The summed E-state index contributed by atoms with van der Waals surface area (Å²) in [6.45, 7) is 10.3. The summed E-state index contributed by atoms with van der Waals surface area (Å²) in [6, 6.07) is 5.67. The molecule has 2 heterocycles. The predicted octanol–water partition coefficient (Wildman–Crippen LogP) is 5.64. The lowest BCUT2D eigenvalue weighted by atomic mass is 9.79. The van der Waals surface area contributed by atoms with Crippen LogP contribution in [0, 0.1) is 0 Å². The first-order valence-electron chi connectivity index (χ1n) is 27.8. The highest BCUT2D eigenvalue weighted by atomic mass is 32.2. The fourth-order valence-corrected chi connectivity index (χ4v) is 13.8. The predicted molar refractivity (Wildman–Crippen MR) is 319 cm³/mol. The van der Waals surface area contributed by atoms with Crippen LogP contribution in [0.1, 0.15) is 116 Å². The van der Waals surface area contributed by atoms with E-state index in [0.29, 0.717) is 91.2 Å². The van der Waals surface area contributed by atoms with Crippen LogP contribution in [0.3, 0.4) is 0 Å². The van der Waals surface area contributed by atoms with E-state index in [1.54, 1.807) is 36.4 Å². The number of rotatable bonds is 30. The topological polar surface area (TPSA) is 438 Å². The molecule has 88 heavy (non-hydrogen) atoms. The molecule has 0 fully saturated rings. The molecule has 0 unspecified atom stereocenters. The van der Waals surface area contributed by atoms with Crippen molar-refractivity contribution in [3.05, 3.63) is 95.7 Å². The Morgan fingerprint density at radius 3 is 1.70 bits per heavy atom. The number of amides is 4. The van der Waals surface area contributed by atoms with E-state index in [9.17, 15) is 90.9 Å². The molecule has 0 aromatic heterocycles. The third-order valence-electron chi connectivity index (χ3n) is 15.3. The van der Waals surface area contributed by atoms with Gasteiger partial charge in [0.15, 0.2) is 5.71 Å². The fourth-order valence-electron chi connectivity index (χ4n) is 11.2. The Morgan fingerprint density at radius 1 is 0.602 bits per heavy atom. The molecule has 0 saturated heterocycles. The van der Waals surface area contributed by atoms with Gasteiger partial charge in [0.1, 0.15) is 33.6 Å². The summed E-state index contributed by atoms with van der Waals surface area (Å²) in [4.78, 5) is 70.3. The summed E-state index contributed by atoms with van der Waals surface area (Å²) >= 11 is 0. The summed E-state index contributed by atoms with van der Waals surface area (Å²) in [6.07, 6.45) is 10.4. The molecule has 10 N–H and O–H groups in total. The molecule has 4 amide bonds. The van der Waals surface area contributed by atoms with E-state index in [1.165, 1.54) is 12.1 Å². The Morgan fingerprint density at radius 2 is 1.15 bits per heavy atom. The number of nitrogens with zero attached hydrogens (tertiary/aromatic N) is 2. The number of carboxylic acid groups (broad SMARTS) is 3. The molecule has 4 aromatic carbocycles. The van der Waals surface area contributed by atoms with Gasteiger partial charge in [-0.3, -0.25) is 28.0 Å². The van der Waals surface area contributed by atoms with Crippen molar-refractivity contribution < 1.29 is 101 Å². The van der Waals surface area contributed by atoms with Gasteiger partial charge in [-0.25, -0.2) is 22.8 Å². The maximum absolute atomic E-state index is 12.9. The molecule has 0 radical (unpaired) electrons. The fraction of sp³-hybridized carbons (Fsp3) is 0.421. The molecule has 0 aliphatic carbocycles. The zero-order valence-corrected chi connectivity index (χ0v) is 51.9. The number of likely N-dealkylation sites (N-methyl/N-ethyl adjacent to an activating group) is 1. The Bertz CT molecular complexity index is 4060. The number of nitrogens with one attached hydrogen (secondary N) is 4. The molecule has 0 bridgehead atoms. The average molecular weight is 1300 g/mol. The minimum Gasteiger partial charge on any atom is -0.744 e. The van der Waals surface area contributed by atoms with E-state index < -0.39 is 120 Å². The van der Waals surface area contributed by atoms with Gasteiger partial charge in [0.2, 0.25) is 17.5 Å². The lowest BCUT2D eigenvalue weighted by molar-refractivity contribution is -0.438. The van der Waals surface area contributed by atoms with E-state index in [1.807, 2.05) is 55.5 Å². The zero-order chi connectivity index (χ0) is 65.5. The largest absolute Gasteiger partial charge is 0.744 e. The first-order chi connectivity index (χ1) is 40.9. The maximum atomic E-state index is 12.9. The number of benzene rings is 4. The van der Waals surface area contributed by atoms with Crippen LogP contribution in [0.15, 0.2) is 104 Å². The molecule has 31 heteroatoms. The van der Waals surface area contributed by atoms with Crippen LogP contribution in [0.5, 0.6) is 0 Å². The Labute approximate surface area is 508 Å². The number of hydrogen-bond acceptors (Lipinski definition) is 16. The highest BCUT2D eigenvalue weighted by Crippen LogP contribution is 2.52. The Hall–Kier alpha value is -7.65. The standard InChI is InChI=1S/C57H70N6O21S4/c1-6-62-42-24-21-36-38(30-34(85(73,74)75)32-44(36)87(79,80)81)51(42)56(2,3)46(62)17-9-7-10-18-47-57(4,5)52-39-31-35(86(76,77)78)33-45(88(82,83)84)37(39)22-25-43(52)63(47)29-14-8-11-19-48(64)59-28-15-20-49(65)58-27-13-12-16-40(53(68)69)60-55(72)61-41(54(70)71)23-26-50(66)67/h7,9-10,17-18,21-22,24-25,30-33,40-41H,6,8,11-16,19-20,23,26-29H2,1-5H3,(H10-,58,59,60,61,64,65,66,67,68,69,70,71,72,73,74,75,76,77,78,79,80,81,82,83,84)/t40-,41-/m0/s1. The molecule has 4 aromatic rings. The van der Waals surface area contributed by atoms with Gasteiger partial charge in [-0.05, 0) is 125 Å². The second-order valence-corrected chi connectivity index (χ2v) is 27.7. The zero-order valence-electron chi connectivity index (χ0n) is 48.6. The quantitative estimate of drug-likeness (QED) is 0.0131. The van der Waals surface area contributed by atoms with Crippen LogP contribution in [0.25, 0.3) is 21.5 Å². The number of aliphatic carboxylic acids is 3. The molecule has 478 valence electrons. The molecular weight excluding hydrogens is 1230 g/mol. The number of carbonyl (C=O) groups excluding carboxylic acids is 3. The normalized spacial score (nSPS) is 16.1. The number of carboxylic acids is 3. The van der Waals surface area contributed by atoms with Crippen LogP contribution < -0.4 is 26.2 Å². The lowest BCUT2D eigenvalue weighted by Crippen LogP contribution is -2.51. The number of unbranched alkanes of at least 4 members (excludes halogenated alkanes) is 3. The van der Waals surface area contributed by atoms with Crippen LogP contribution in [0.2, 0.25) is 0 Å². The summed E-state index contributed by atoms with van der Waals surface area (Å²) in [5.41, 5.74) is 1.58. The third kappa shape index (κ3) is 16.5. The highest BCUT2D eigenvalue weighted by Gasteiger charge is 2.46. The smallest absolute Gasteiger partial charge is 0.326 e. The van der Waals surface area contributed by atoms with Crippen LogP contribution >= 0.6 is 0 Å². The molecule has 2 aliphatic heterocycles. The van der Waals surface area contributed by atoms with Crippen molar-refractivity contribution in [1.82, 2.24) is 21.3 Å². The first kappa shape index (κ1) is 69.5. The average Bonchev–Trinajstić information content (AvgIpc) is 1.68. The molecule has 2 aliphatic rings.